The van der Waals surface area contributed by atoms with Gasteiger partial charge in [-0.2, -0.15) is 9.72 Å². The van der Waals surface area contributed by atoms with Gasteiger partial charge in [0.2, 0.25) is 12.3 Å². The lowest BCUT2D eigenvalue weighted by molar-refractivity contribution is -0.159. The third-order valence-corrected chi connectivity index (χ3v) is 4.42. The van der Waals surface area contributed by atoms with Gasteiger partial charge in [0.05, 0.1) is 18.7 Å². The second kappa shape index (κ2) is 9.95. The van der Waals surface area contributed by atoms with E-state index >= 15 is 0 Å². The van der Waals surface area contributed by atoms with Crippen molar-refractivity contribution in [2.75, 3.05) is 13.1 Å². The lowest BCUT2D eigenvalue weighted by atomic mass is 10.00. The molecule has 0 bridgehead atoms. The molecule has 1 aliphatic rings. The van der Waals surface area contributed by atoms with Crippen LogP contribution in [0.1, 0.15) is 32.6 Å². The van der Waals surface area contributed by atoms with E-state index in [2.05, 4.69) is 10.4 Å². The highest BCUT2D eigenvalue weighted by Gasteiger charge is 2.37. The Bertz CT molecular complexity index is 783. The van der Waals surface area contributed by atoms with Crippen LogP contribution in [0.3, 0.4) is 0 Å². The zero-order valence-electron chi connectivity index (χ0n) is 15.5. The molecule has 0 radical (unpaired) electrons. The Kier molecular flexibility index (Phi) is 7.64. The Hall–Kier alpha value is -2.79. The smallest absolute Gasteiger partial charge is 0.272 e. The van der Waals surface area contributed by atoms with E-state index in [0.717, 1.165) is 29.8 Å². The monoisotopic (exact) mass is 397 g/mol. The Labute approximate surface area is 160 Å². The summed E-state index contributed by atoms with van der Waals surface area (Å²) >= 11 is 0. The molecular weight excluding hydrogens is 373 g/mol. The Morgan fingerprint density at radius 3 is 2.89 bits per heavy atom. The van der Waals surface area contributed by atoms with Crippen molar-refractivity contribution in [1.29, 1.82) is 0 Å². The number of carbonyl (C=O) groups excluding carboxylic acids is 3. The molecule has 1 fully saturated rings. The lowest BCUT2D eigenvalue weighted by Crippen LogP contribution is -2.50. The maximum absolute atomic E-state index is 13.1. The summed E-state index contributed by atoms with van der Waals surface area (Å²) in [6, 6.07) is 1.27. The number of aromatic nitrogens is 1. The van der Waals surface area contributed by atoms with Gasteiger partial charge in [0.15, 0.2) is 5.49 Å². The van der Waals surface area contributed by atoms with E-state index in [0.29, 0.717) is 35.6 Å². The zero-order valence-corrected chi connectivity index (χ0v) is 15.5. The van der Waals surface area contributed by atoms with Crippen molar-refractivity contribution in [1.82, 2.24) is 20.2 Å². The number of nitrogens with zero attached hydrogens (tertiary/aromatic N) is 4. The number of hydrogen-bond acceptors (Lipinski definition) is 6. The second-order valence-corrected chi connectivity index (χ2v) is 6.49. The first-order valence-electron chi connectivity index (χ1n) is 9.00. The molecule has 2 rings (SSSR count). The third-order valence-electron chi connectivity index (χ3n) is 4.42. The summed E-state index contributed by atoms with van der Waals surface area (Å²) in [5, 5.41) is 20.7. The third kappa shape index (κ3) is 5.36. The van der Waals surface area contributed by atoms with E-state index in [1.807, 2.05) is 6.92 Å². The minimum atomic E-state index is -0.912. The normalized spacial score (nSPS) is 18.2. The van der Waals surface area contributed by atoms with Crippen LogP contribution in [0.15, 0.2) is 23.3 Å². The van der Waals surface area contributed by atoms with Crippen LogP contribution in [0.25, 0.3) is 0 Å². The molecule has 11 heteroatoms. The largest absolute Gasteiger partial charge is 0.427 e. The van der Waals surface area contributed by atoms with Crippen LogP contribution in [0.4, 0.5) is 4.39 Å². The number of nitrogens with one attached hydrogen (secondary N) is 1. The fourth-order valence-electron chi connectivity index (χ4n) is 2.97. The first kappa shape index (κ1) is 21.5. The molecule has 2 atom stereocenters. The molecule has 1 saturated heterocycles. The van der Waals surface area contributed by atoms with E-state index < -0.39 is 29.6 Å². The van der Waals surface area contributed by atoms with Crippen molar-refractivity contribution in [3.8, 4) is 0 Å². The van der Waals surface area contributed by atoms with Crippen molar-refractivity contribution in [2.45, 2.75) is 38.6 Å². The van der Waals surface area contributed by atoms with Crippen LogP contribution in [0, 0.1) is 11.7 Å². The van der Waals surface area contributed by atoms with Crippen molar-refractivity contribution < 1.29 is 29.2 Å². The summed E-state index contributed by atoms with van der Waals surface area (Å²) in [4.78, 5) is 39.9. The average molecular weight is 397 g/mol. The number of hydrazine groups is 1. The van der Waals surface area contributed by atoms with Gasteiger partial charge in [0.1, 0.15) is 11.9 Å². The fourth-order valence-corrected chi connectivity index (χ4v) is 2.97. The molecule has 0 aromatic carbocycles. The maximum Gasteiger partial charge on any atom is 0.272 e. The second-order valence-electron chi connectivity index (χ2n) is 6.49. The number of halogens is 1. The van der Waals surface area contributed by atoms with Gasteiger partial charge >= 0.3 is 0 Å². The Morgan fingerprint density at radius 1 is 1.50 bits per heavy atom. The molecule has 1 aliphatic heterocycles. The number of amides is 3. The summed E-state index contributed by atoms with van der Waals surface area (Å²) in [7, 11) is 0. The van der Waals surface area contributed by atoms with Crippen LogP contribution in [-0.4, -0.2) is 62.6 Å². The first-order chi connectivity index (χ1) is 13.4. The number of pyridine rings is 1. The number of unbranched alkanes of at least 4 members (excludes halogenated alkanes) is 1. The molecule has 10 nitrogen and oxygen atoms in total. The van der Waals surface area contributed by atoms with Gasteiger partial charge in [0, 0.05) is 6.54 Å². The molecule has 3 amide bonds. The number of hydroxylamine groups is 2. The maximum atomic E-state index is 13.1. The van der Waals surface area contributed by atoms with Crippen molar-refractivity contribution in [2.24, 2.45) is 10.9 Å². The number of hydrogen-bond donors (Lipinski definition) is 3. The summed E-state index contributed by atoms with van der Waals surface area (Å²) in [5.41, 5.74) is 2.66. The summed E-state index contributed by atoms with van der Waals surface area (Å²) in [6.07, 6.45) is 3.25. The first-order valence-corrected chi connectivity index (χ1v) is 9.00. The Morgan fingerprint density at radius 2 is 2.25 bits per heavy atom. The average Bonchev–Trinajstić information content (AvgIpc) is 3.16. The van der Waals surface area contributed by atoms with E-state index in [-0.39, 0.29) is 18.4 Å². The van der Waals surface area contributed by atoms with Crippen LogP contribution in [-0.2, 0) is 14.4 Å². The van der Waals surface area contributed by atoms with Crippen LogP contribution in [0.5, 0.6) is 0 Å². The molecular formula is C17H24FN5O5. The molecule has 0 spiro atoms. The molecule has 0 aliphatic carbocycles. The van der Waals surface area contributed by atoms with Gasteiger partial charge < -0.3 is 5.21 Å². The molecule has 1 aromatic heterocycles. The predicted molar refractivity (Wildman–Crippen MR) is 93.0 cm³/mol. The summed E-state index contributed by atoms with van der Waals surface area (Å²) < 4.78 is 13.4. The molecule has 3 N–H and O–H groups in total. The van der Waals surface area contributed by atoms with Gasteiger partial charge in [-0.1, -0.05) is 19.8 Å². The lowest BCUT2D eigenvalue weighted by Gasteiger charge is -2.27. The van der Waals surface area contributed by atoms with E-state index in [9.17, 15) is 29.2 Å². The number of carbonyl (C=O) groups is 3. The van der Waals surface area contributed by atoms with Crippen LogP contribution in [0.2, 0.25) is 0 Å². The van der Waals surface area contributed by atoms with Gasteiger partial charge in [-0.05, 0) is 25.0 Å². The molecule has 0 saturated carbocycles. The SMILES string of the molecule is CCCC[C@H](CN(O)C=O)C(=O)N1NCC[C@H]1C(=O)N=c1ccc(F)cn1O. The van der Waals surface area contributed by atoms with E-state index in [1.165, 1.54) is 0 Å². The van der Waals surface area contributed by atoms with E-state index in [4.69, 9.17) is 0 Å². The quantitative estimate of drug-likeness (QED) is 0.246. The molecule has 2 heterocycles. The van der Waals surface area contributed by atoms with Crippen molar-refractivity contribution in [3.05, 3.63) is 29.6 Å². The van der Waals surface area contributed by atoms with Crippen molar-refractivity contribution in [3.63, 3.8) is 0 Å². The fraction of sp³-hybridized carbons (Fsp3) is 0.529. The topological polar surface area (TPSA) is 127 Å². The molecule has 1 aromatic rings. The predicted octanol–water partition coefficient (Wildman–Crippen LogP) is 0.0513. The van der Waals surface area contributed by atoms with Crippen LogP contribution < -0.4 is 10.9 Å². The highest BCUT2D eigenvalue weighted by Crippen LogP contribution is 2.18. The number of rotatable bonds is 8. The highest BCUT2D eigenvalue weighted by atomic mass is 19.1. The minimum Gasteiger partial charge on any atom is -0.427 e. The molecule has 28 heavy (non-hydrogen) atoms. The molecule has 154 valence electrons. The van der Waals surface area contributed by atoms with Crippen molar-refractivity contribution >= 4 is 18.2 Å². The van der Waals surface area contributed by atoms with Gasteiger partial charge in [0.25, 0.3) is 5.91 Å². The zero-order chi connectivity index (χ0) is 20.7. The molecule has 0 unspecified atom stereocenters. The Balaban J connectivity index is 2.20. The standard InChI is InChI=1S/C17H24FN5O5/c1-2-3-4-12(9-21(27)11-24)17(26)23-14(7-8-19-23)16(25)20-15-6-5-13(18)10-22(15)28/h5-6,10-12,14,19,27-28H,2-4,7-9H2,1H3/t12-,14+/m1/s1. The summed E-state index contributed by atoms with van der Waals surface area (Å²) in [5.74, 6) is -2.50. The van der Waals surface area contributed by atoms with E-state index in [1.54, 1.807) is 0 Å². The summed E-state index contributed by atoms with van der Waals surface area (Å²) in [6.45, 7) is 2.12. The van der Waals surface area contributed by atoms with Gasteiger partial charge in [-0.15, -0.1) is 0 Å². The highest BCUT2D eigenvalue weighted by molar-refractivity contribution is 5.89. The van der Waals surface area contributed by atoms with Crippen LogP contribution >= 0.6 is 0 Å². The minimum absolute atomic E-state index is 0.171. The van der Waals surface area contributed by atoms with Gasteiger partial charge in [-0.25, -0.2) is 14.9 Å². The van der Waals surface area contributed by atoms with Gasteiger partial charge in [-0.3, -0.25) is 24.6 Å².